The third-order valence-corrected chi connectivity index (χ3v) is 4.93. The fourth-order valence-corrected chi connectivity index (χ4v) is 3.31. The van der Waals surface area contributed by atoms with Gasteiger partial charge >= 0.3 is 0 Å². The lowest BCUT2D eigenvalue weighted by Gasteiger charge is -2.20. The van der Waals surface area contributed by atoms with Crippen LogP contribution in [0, 0.1) is 0 Å². The molecule has 2 aromatic rings. The number of anilines is 3. The fraction of sp³-hybridized carbons (Fsp3) is 0.312. The number of carbonyl (C=O) groups is 1. The molecule has 27 heavy (non-hydrogen) atoms. The molecule has 0 atom stereocenters. The van der Waals surface area contributed by atoms with Crippen molar-refractivity contribution < 1.29 is 17.9 Å². The van der Waals surface area contributed by atoms with Crippen LogP contribution >= 0.6 is 0 Å². The maximum absolute atomic E-state index is 12.8. The van der Waals surface area contributed by atoms with Crippen LogP contribution in [0.25, 0.3) is 0 Å². The normalized spacial score (nSPS) is 11.0. The molecular weight excluding hydrogens is 372 g/mol. The van der Waals surface area contributed by atoms with Crippen molar-refractivity contribution in [2.24, 2.45) is 5.73 Å². The third-order valence-electron chi connectivity index (χ3n) is 3.57. The molecule has 1 aromatic heterocycles. The Hall–Kier alpha value is -3.08. The zero-order valence-electron chi connectivity index (χ0n) is 15.7. The van der Waals surface area contributed by atoms with Gasteiger partial charge in [-0.15, -0.1) is 0 Å². The Kier molecular flexibility index (Phi) is 5.74. The first-order valence-electron chi connectivity index (χ1n) is 7.79. The topological polar surface area (TPSA) is 131 Å². The predicted molar refractivity (Wildman–Crippen MR) is 103 cm³/mol. The van der Waals surface area contributed by atoms with Gasteiger partial charge in [0.25, 0.3) is 15.9 Å². The molecule has 0 bridgehead atoms. The van der Waals surface area contributed by atoms with E-state index in [0.29, 0.717) is 11.8 Å². The molecule has 0 unspecified atom stereocenters. The van der Waals surface area contributed by atoms with Gasteiger partial charge in [-0.25, -0.2) is 13.4 Å². The standard InChI is InChI=1S/C16H22N6O4S/c1-21(2)15-12(9-18-16(19-15)22(3)4)20-27(24,25)10-6-7-13(26-5)11(8-10)14(17)23/h6-9,20H,1-5H3,(H2,17,23). The van der Waals surface area contributed by atoms with E-state index in [1.165, 1.54) is 25.4 Å². The second kappa shape index (κ2) is 7.66. The highest BCUT2D eigenvalue weighted by Gasteiger charge is 2.21. The Morgan fingerprint density at radius 2 is 1.85 bits per heavy atom. The zero-order chi connectivity index (χ0) is 20.4. The van der Waals surface area contributed by atoms with E-state index in [0.717, 1.165) is 6.07 Å². The van der Waals surface area contributed by atoms with Crippen LogP contribution in [0.4, 0.5) is 17.5 Å². The first-order valence-corrected chi connectivity index (χ1v) is 9.27. The van der Waals surface area contributed by atoms with Crippen molar-refractivity contribution >= 4 is 33.4 Å². The van der Waals surface area contributed by atoms with E-state index in [2.05, 4.69) is 14.7 Å². The summed E-state index contributed by atoms with van der Waals surface area (Å²) in [6, 6.07) is 3.85. The third kappa shape index (κ3) is 4.37. The molecule has 10 nitrogen and oxygen atoms in total. The van der Waals surface area contributed by atoms with Crippen molar-refractivity contribution in [1.29, 1.82) is 0 Å². The minimum atomic E-state index is -4.02. The van der Waals surface area contributed by atoms with E-state index in [9.17, 15) is 13.2 Å². The molecule has 0 saturated heterocycles. The van der Waals surface area contributed by atoms with Gasteiger partial charge in [0.1, 0.15) is 11.4 Å². The number of methoxy groups -OCH3 is 1. The second-order valence-electron chi connectivity index (χ2n) is 6.03. The van der Waals surface area contributed by atoms with E-state index in [1.54, 1.807) is 38.0 Å². The van der Waals surface area contributed by atoms with Gasteiger partial charge in [0.15, 0.2) is 5.82 Å². The number of primary amides is 1. The summed E-state index contributed by atoms with van der Waals surface area (Å²) in [4.78, 5) is 23.3. The predicted octanol–water partition coefficient (Wildman–Crippen LogP) is 0.517. The van der Waals surface area contributed by atoms with Gasteiger partial charge in [-0.2, -0.15) is 4.98 Å². The number of nitrogens with zero attached hydrogens (tertiary/aromatic N) is 4. The highest BCUT2D eigenvalue weighted by molar-refractivity contribution is 7.92. The van der Waals surface area contributed by atoms with Crippen LogP contribution < -0.4 is 25.0 Å². The Balaban J connectivity index is 2.48. The number of nitrogens with two attached hydrogens (primary N) is 1. The molecule has 1 heterocycles. The van der Waals surface area contributed by atoms with Crippen molar-refractivity contribution in [2.45, 2.75) is 4.90 Å². The smallest absolute Gasteiger partial charge is 0.262 e. The maximum Gasteiger partial charge on any atom is 0.262 e. The second-order valence-corrected chi connectivity index (χ2v) is 7.71. The molecule has 2 rings (SSSR count). The lowest BCUT2D eigenvalue weighted by atomic mass is 10.2. The summed E-state index contributed by atoms with van der Waals surface area (Å²) in [7, 11) is 4.37. The minimum Gasteiger partial charge on any atom is -0.496 e. The number of ether oxygens (including phenoxy) is 1. The Morgan fingerprint density at radius 3 is 2.37 bits per heavy atom. The molecule has 0 fully saturated rings. The van der Waals surface area contributed by atoms with Crippen LogP contribution in [0.3, 0.4) is 0 Å². The molecule has 0 aliphatic heterocycles. The number of benzene rings is 1. The summed E-state index contributed by atoms with van der Waals surface area (Å²) in [6.07, 6.45) is 1.38. The molecule has 1 amide bonds. The SMILES string of the molecule is COc1ccc(S(=O)(=O)Nc2cnc(N(C)C)nc2N(C)C)cc1C(N)=O. The largest absolute Gasteiger partial charge is 0.496 e. The van der Waals surface area contributed by atoms with E-state index >= 15 is 0 Å². The van der Waals surface area contributed by atoms with Gasteiger partial charge in [0.05, 0.1) is 23.8 Å². The Morgan fingerprint density at radius 1 is 1.19 bits per heavy atom. The number of aromatic nitrogens is 2. The molecule has 0 saturated carbocycles. The molecular formula is C16H22N6O4S. The highest BCUT2D eigenvalue weighted by Crippen LogP contribution is 2.27. The number of sulfonamides is 1. The van der Waals surface area contributed by atoms with Crippen LogP contribution in [0.2, 0.25) is 0 Å². The van der Waals surface area contributed by atoms with Gasteiger partial charge in [-0.3, -0.25) is 9.52 Å². The molecule has 1 aromatic carbocycles. The first kappa shape index (κ1) is 20.2. The molecule has 11 heteroatoms. The van der Waals surface area contributed by atoms with Crippen molar-refractivity contribution in [2.75, 3.05) is 49.8 Å². The maximum atomic E-state index is 12.8. The summed E-state index contributed by atoms with van der Waals surface area (Å²) < 4.78 is 33.0. The van der Waals surface area contributed by atoms with Crippen molar-refractivity contribution in [1.82, 2.24) is 9.97 Å². The van der Waals surface area contributed by atoms with Gasteiger partial charge in [0.2, 0.25) is 5.95 Å². The lowest BCUT2D eigenvalue weighted by Crippen LogP contribution is -2.21. The minimum absolute atomic E-state index is 0.0348. The Bertz CT molecular complexity index is 959. The van der Waals surface area contributed by atoms with Gasteiger partial charge in [0, 0.05) is 28.2 Å². The molecule has 0 aliphatic rings. The fourth-order valence-electron chi connectivity index (χ4n) is 2.24. The van der Waals surface area contributed by atoms with Gasteiger partial charge in [-0.05, 0) is 18.2 Å². The Labute approximate surface area is 158 Å². The molecule has 3 N–H and O–H groups in total. The van der Waals surface area contributed by atoms with Gasteiger partial charge < -0.3 is 20.3 Å². The van der Waals surface area contributed by atoms with Crippen molar-refractivity contribution in [3.05, 3.63) is 30.0 Å². The number of rotatable bonds is 7. The van der Waals surface area contributed by atoms with Crippen LogP contribution in [0.5, 0.6) is 5.75 Å². The van der Waals surface area contributed by atoms with Crippen LogP contribution in [-0.4, -0.2) is 59.6 Å². The molecule has 0 spiro atoms. The lowest BCUT2D eigenvalue weighted by molar-refractivity contribution is 0.0997. The average Bonchev–Trinajstić information content (AvgIpc) is 2.60. The first-order chi connectivity index (χ1) is 12.6. The number of hydrogen-bond acceptors (Lipinski definition) is 8. The summed E-state index contributed by atoms with van der Waals surface area (Å²) in [5.74, 6) is 0.216. The molecule has 146 valence electrons. The number of nitrogens with one attached hydrogen (secondary N) is 1. The van der Waals surface area contributed by atoms with E-state index < -0.39 is 15.9 Å². The summed E-state index contributed by atoms with van der Waals surface area (Å²) in [5.41, 5.74) is 5.46. The van der Waals surface area contributed by atoms with Gasteiger partial charge in [-0.1, -0.05) is 0 Å². The molecule has 0 aliphatic carbocycles. The van der Waals surface area contributed by atoms with Crippen molar-refractivity contribution in [3.63, 3.8) is 0 Å². The summed E-state index contributed by atoms with van der Waals surface area (Å²) in [6.45, 7) is 0. The van der Waals surface area contributed by atoms with Crippen LogP contribution in [-0.2, 0) is 10.0 Å². The number of hydrogen-bond donors (Lipinski definition) is 2. The van der Waals surface area contributed by atoms with Crippen LogP contribution in [0.1, 0.15) is 10.4 Å². The quantitative estimate of drug-likeness (QED) is 0.695. The average molecular weight is 394 g/mol. The number of carbonyl (C=O) groups excluding carboxylic acids is 1. The van der Waals surface area contributed by atoms with E-state index in [-0.39, 0.29) is 21.9 Å². The van der Waals surface area contributed by atoms with Crippen LogP contribution in [0.15, 0.2) is 29.3 Å². The highest BCUT2D eigenvalue weighted by atomic mass is 32.2. The zero-order valence-corrected chi connectivity index (χ0v) is 16.5. The van der Waals surface area contributed by atoms with Crippen molar-refractivity contribution in [3.8, 4) is 5.75 Å². The monoisotopic (exact) mass is 394 g/mol. The summed E-state index contributed by atoms with van der Waals surface area (Å²) in [5, 5.41) is 0. The van der Waals surface area contributed by atoms with E-state index in [4.69, 9.17) is 10.5 Å². The molecule has 0 radical (unpaired) electrons. The van der Waals surface area contributed by atoms with E-state index in [1.807, 2.05) is 0 Å². The summed E-state index contributed by atoms with van der Waals surface area (Å²) >= 11 is 0. The number of amides is 1.